The quantitative estimate of drug-likeness (QED) is 0.441. The molecule has 0 bridgehead atoms. The van der Waals surface area contributed by atoms with E-state index in [2.05, 4.69) is 21.8 Å². The van der Waals surface area contributed by atoms with Gasteiger partial charge in [-0.25, -0.2) is 8.42 Å². The van der Waals surface area contributed by atoms with Gasteiger partial charge in [-0.05, 0) is 55.2 Å². The normalized spacial score (nSPS) is 15.4. The highest BCUT2D eigenvalue weighted by molar-refractivity contribution is 7.89. The molecule has 3 aromatic carbocycles. The number of nitrogens with zero attached hydrogens (tertiary/aromatic N) is 2. The minimum absolute atomic E-state index is 0.118. The number of carbonyl (C=O) groups is 1. The fraction of sp³-hybridized carbons (Fsp3) is 0.345. The third-order valence-electron chi connectivity index (χ3n) is 6.57. The predicted molar refractivity (Wildman–Crippen MR) is 145 cm³/mol. The molecule has 4 rings (SSSR count). The second-order valence-electron chi connectivity index (χ2n) is 9.31. The summed E-state index contributed by atoms with van der Waals surface area (Å²) >= 11 is 0. The zero-order valence-electron chi connectivity index (χ0n) is 21.5. The Labute approximate surface area is 220 Å². The van der Waals surface area contributed by atoms with E-state index in [1.54, 1.807) is 17.0 Å². The molecular formula is C29H35N3O4S. The lowest BCUT2D eigenvalue weighted by molar-refractivity contribution is -0.134. The van der Waals surface area contributed by atoms with Gasteiger partial charge in [0.25, 0.3) is 0 Å². The molecule has 1 N–H and O–H groups in total. The second-order valence-corrected chi connectivity index (χ2v) is 11.0. The third kappa shape index (κ3) is 7.19. The Morgan fingerprint density at radius 3 is 2.14 bits per heavy atom. The molecule has 0 spiro atoms. The minimum atomic E-state index is -3.93. The van der Waals surface area contributed by atoms with Gasteiger partial charge in [0.05, 0.1) is 11.5 Å². The number of benzene rings is 3. The van der Waals surface area contributed by atoms with Gasteiger partial charge < -0.3 is 9.64 Å². The molecule has 1 aliphatic rings. The summed E-state index contributed by atoms with van der Waals surface area (Å²) in [5.74, 6) is 0.446. The van der Waals surface area contributed by atoms with Crippen LogP contribution in [0, 0.1) is 6.92 Å². The van der Waals surface area contributed by atoms with Crippen molar-refractivity contribution in [1.82, 2.24) is 14.5 Å². The summed E-state index contributed by atoms with van der Waals surface area (Å²) in [5, 5.41) is 0. The van der Waals surface area contributed by atoms with Gasteiger partial charge in [0, 0.05) is 32.7 Å². The van der Waals surface area contributed by atoms with Crippen LogP contribution in [-0.2, 0) is 27.8 Å². The lowest BCUT2D eigenvalue weighted by atomic mass is 10.1. The summed E-state index contributed by atoms with van der Waals surface area (Å²) in [6.07, 6.45) is 0.277. The van der Waals surface area contributed by atoms with Crippen LogP contribution in [0.25, 0.3) is 0 Å². The highest BCUT2D eigenvalue weighted by Crippen LogP contribution is 2.22. The number of piperazine rings is 1. The summed E-state index contributed by atoms with van der Waals surface area (Å²) in [4.78, 5) is 17.9. The van der Waals surface area contributed by atoms with Crippen molar-refractivity contribution in [2.45, 2.75) is 37.8 Å². The van der Waals surface area contributed by atoms with Gasteiger partial charge in [0.1, 0.15) is 11.8 Å². The molecule has 0 aliphatic carbocycles. The van der Waals surface area contributed by atoms with E-state index in [0.717, 1.165) is 30.8 Å². The third-order valence-corrected chi connectivity index (χ3v) is 8.04. The van der Waals surface area contributed by atoms with Crippen LogP contribution in [-0.4, -0.2) is 63.0 Å². The number of hydrogen-bond donors (Lipinski definition) is 1. The molecule has 0 radical (unpaired) electrons. The lowest BCUT2D eigenvalue weighted by Crippen LogP contribution is -2.55. The average molecular weight is 522 g/mol. The van der Waals surface area contributed by atoms with E-state index in [4.69, 9.17) is 4.74 Å². The standard InChI is InChI=1S/C29H35N3O4S/c1-3-36-28-15-14-26(20-23(28)2)37(34,35)30-27(21-24-10-6-4-7-11-24)29(33)32-18-16-31(17-19-32)22-25-12-8-5-9-13-25/h4-15,20,27,30H,3,16-19,21-22H2,1-2H3/t27-/m1/s1. The maximum atomic E-state index is 13.6. The summed E-state index contributed by atoms with van der Waals surface area (Å²) < 4.78 is 35.0. The van der Waals surface area contributed by atoms with Gasteiger partial charge >= 0.3 is 0 Å². The Morgan fingerprint density at radius 1 is 0.919 bits per heavy atom. The lowest BCUT2D eigenvalue weighted by Gasteiger charge is -2.36. The molecule has 1 saturated heterocycles. The summed E-state index contributed by atoms with van der Waals surface area (Å²) in [7, 11) is -3.93. The molecule has 8 heteroatoms. The molecule has 0 unspecified atom stereocenters. The SMILES string of the molecule is CCOc1ccc(S(=O)(=O)N[C@H](Cc2ccccc2)C(=O)N2CCN(Cc3ccccc3)CC2)cc1C. The van der Waals surface area contributed by atoms with Gasteiger partial charge in [-0.1, -0.05) is 60.7 Å². The molecule has 0 saturated carbocycles. The highest BCUT2D eigenvalue weighted by Gasteiger charge is 2.31. The maximum Gasteiger partial charge on any atom is 0.241 e. The minimum Gasteiger partial charge on any atom is -0.494 e. The van der Waals surface area contributed by atoms with Crippen LogP contribution in [0.15, 0.2) is 83.8 Å². The van der Waals surface area contributed by atoms with Gasteiger partial charge in [-0.3, -0.25) is 9.69 Å². The van der Waals surface area contributed by atoms with E-state index in [1.165, 1.54) is 11.6 Å². The van der Waals surface area contributed by atoms with Crippen LogP contribution < -0.4 is 9.46 Å². The second kappa shape index (κ2) is 12.4. The van der Waals surface area contributed by atoms with Crippen LogP contribution in [0.1, 0.15) is 23.6 Å². The smallest absolute Gasteiger partial charge is 0.241 e. The van der Waals surface area contributed by atoms with E-state index < -0.39 is 16.1 Å². The molecule has 1 atom stereocenters. The number of carbonyl (C=O) groups excluding carboxylic acids is 1. The monoisotopic (exact) mass is 521 g/mol. The molecule has 0 aromatic heterocycles. The van der Waals surface area contributed by atoms with Crippen LogP contribution in [0.2, 0.25) is 0 Å². The van der Waals surface area contributed by atoms with E-state index in [0.29, 0.717) is 25.4 Å². The highest BCUT2D eigenvalue weighted by atomic mass is 32.2. The van der Waals surface area contributed by atoms with Gasteiger partial charge in [0.2, 0.25) is 15.9 Å². The van der Waals surface area contributed by atoms with Gasteiger partial charge in [-0.15, -0.1) is 0 Å². The topological polar surface area (TPSA) is 78.9 Å². The van der Waals surface area contributed by atoms with Crippen molar-refractivity contribution in [2.75, 3.05) is 32.8 Å². The maximum absolute atomic E-state index is 13.6. The fourth-order valence-electron chi connectivity index (χ4n) is 4.58. The zero-order valence-corrected chi connectivity index (χ0v) is 22.3. The Hall–Kier alpha value is -3.20. The van der Waals surface area contributed by atoms with Gasteiger partial charge in [0.15, 0.2) is 0 Å². The van der Waals surface area contributed by atoms with E-state index in [9.17, 15) is 13.2 Å². The number of sulfonamides is 1. The first kappa shape index (κ1) is 26.9. The first-order valence-electron chi connectivity index (χ1n) is 12.7. The molecule has 37 heavy (non-hydrogen) atoms. The first-order chi connectivity index (χ1) is 17.9. The molecule has 1 amide bonds. The van der Waals surface area contributed by atoms with E-state index in [-0.39, 0.29) is 17.2 Å². The Balaban J connectivity index is 1.48. The number of nitrogens with one attached hydrogen (secondary N) is 1. The molecule has 7 nitrogen and oxygen atoms in total. The van der Waals surface area contributed by atoms with Crippen LogP contribution >= 0.6 is 0 Å². The first-order valence-corrected chi connectivity index (χ1v) is 14.2. The molecule has 1 fully saturated rings. The molecule has 1 aliphatic heterocycles. The molecule has 1 heterocycles. The Bertz CT molecular complexity index is 1280. The van der Waals surface area contributed by atoms with Crippen molar-refractivity contribution in [3.8, 4) is 5.75 Å². The number of amides is 1. The Kier molecular flexibility index (Phi) is 8.97. The van der Waals surface area contributed by atoms with Crippen molar-refractivity contribution < 1.29 is 17.9 Å². The molecule has 196 valence electrons. The van der Waals surface area contributed by atoms with Crippen LogP contribution in [0.3, 0.4) is 0 Å². The van der Waals surface area contributed by atoms with E-state index in [1.807, 2.05) is 62.4 Å². The van der Waals surface area contributed by atoms with Crippen molar-refractivity contribution in [2.24, 2.45) is 0 Å². The zero-order chi connectivity index (χ0) is 26.3. The van der Waals surface area contributed by atoms with Crippen molar-refractivity contribution >= 4 is 15.9 Å². The largest absolute Gasteiger partial charge is 0.494 e. The van der Waals surface area contributed by atoms with E-state index >= 15 is 0 Å². The van der Waals surface area contributed by atoms with Crippen molar-refractivity contribution in [1.29, 1.82) is 0 Å². The summed E-state index contributed by atoms with van der Waals surface area (Å²) in [5.41, 5.74) is 2.86. The number of hydrogen-bond acceptors (Lipinski definition) is 5. The number of aryl methyl sites for hydroxylation is 1. The van der Waals surface area contributed by atoms with Crippen LogP contribution in [0.5, 0.6) is 5.75 Å². The Morgan fingerprint density at radius 2 is 1.54 bits per heavy atom. The van der Waals surface area contributed by atoms with Crippen LogP contribution in [0.4, 0.5) is 0 Å². The number of rotatable bonds is 10. The average Bonchev–Trinajstić information content (AvgIpc) is 2.90. The number of ether oxygens (including phenoxy) is 1. The molecule has 3 aromatic rings. The van der Waals surface area contributed by atoms with Gasteiger partial charge in [-0.2, -0.15) is 4.72 Å². The fourth-order valence-corrected chi connectivity index (χ4v) is 5.85. The van der Waals surface area contributed by atoms with Crippen molar-refractivity contribution in [3.05, 3.63) is 95.6 Å². The van der Waals surface area contributed by atoms with Crippen molar-refractivity contribution in [3.63, 3.8) is 0 Å². The summed E-state index contributed by atoms with van der Waals surface area (Å²) in [6.45, 7) is 7.62. The predicted octanol–water partition coefficient (Wildman–Crippen LogP) is 3.63. The molecular weight excluding hydrogens is 486 g/mol. The summed E-state index contributed by atoms with van der Waals surface area (Å²) in [6, 6.07) is 23.6.